The number of carbonyl (C=O) groups excluding carboxylic acids is 1. The molecule has 0 atom stereocenters. The van der Waals surface area contributed by atoms with Gasteiger partial charge in [-0.15, -0.1) is 0 Å². The molecule has 5 rings (SSSR count). The summed E-state index contributed by atoms with van der Waals surface area (Å²) in [6, 6.07) is 1.90. The first-order valence-corrected chi connectivity index (χ1v) is 8.62. The SMILES string of the molecule is CC1=C2C(=O)NC3(CCCC3)N2CC2=C1Cc1cnc(N)cc1N2. The van der Waals surface area contributed by atoms with Gasteiger partial charge in [-0.1, -0.05) is 0 Å². The normalized spacial score (nSPS) is 23.9. The van der Waals surface area contributed by atoms with Gasteiger partial charge in [-0.25, -0.2) is 4.98 Å². The van der Waals surface area contributed by atoms with Crippen molar-refractivity contribution in [1.82, 2.24) is 15.2 Å². The van der Waals surface area contributed by atoms with Gasteiger partial charge in [0.15, 0.2) is 0 Å². The molecular formula is C18H21N5O. The van der Waals surface area contributed by atoms with E-state index in [0.717, 1.165) is 48.3 Å². The molecular weight excluding hydrogens is 302 g/mol. The summed E-state index contributed by atoms with van der Waals surface area (Å²) in [5.41, 5.74) is 12.2. The highest BCUT2D eigenvalue weighted by molar-refractivity contribution is 5.98. The van der Waals surface area contributed by atoms with E-state index in [-0.39, 0.29) is 11.6 Å². The number of nitrogen functional groups attached to an aromatic ring is 1. The van der Waals surface area contributed by atoms with Gasteiger partial charge in [0.25, 0.3) is 5.91 Å². The molecule has 1 saturated heterocycles. The minimum Gasteiger partial charge on any atom is -0.384 e. The third-order valence-corrected chi connectivity index (χ3v) is 5.93. The minimum absolute atomic E-state index is 0.0854. The van der Waals surface area contributed by atoms with Crippen molar-refractivity contribution >= 4 is 17.4 Å². The van der Waals surface area contributed by atoms with Crippen molar-refractivity contribution in [1.29, 1.82) is 0 Å². The number of anilines is 2. The second-order valence-corrected chi connectivity index (χ2v) is 7.28. The second kappa shape index (κ2) is 4.53. The number of nitrogens with zero attached hydrogens (tertiary/aromatic N) is 2. The molecule has 24 heavy (non-hydrogen) atoms. The van der Waals surface area contributed by atoms with E-state index in [9.17, 15) is 4.79 Å². The first-order valence-electron chi connectivity index (χ1n) is 8.62. The number of fused-ring (bicyclic) bond motifs is 3. The van der Waals surface area contributed by atoms with Crippen LogP contribution in [0, 0.1) is 0 Å². The monoisotopic (exact) mass is 323 g/mol. The molecule has 6 heteroatoms. The van der Waals surface area contributed by atoms with Crippen molar-refractivity contribution in [3.63, 3.8) is 0 Å². The van der Waals surface area contributed by atoms with Crippen LogP contribution >= 0.6 is 0 Å². The van der Waals surface area contributed by atoms with Crippen LogP contribution in [-0.4, -0.2) is 28.0 Å². The van der Waals surface area contributed by atoms with Gasteiger partial charge in [0.2, 0.25) is 0 Å². The topological polar surface area (TPSA) is 83.3 Å². The van der Waals surface area contributed by atoms with Crippen molar-refractivity contribution in [3.05, 3.63) is 40.4 Å². The maximum atomic E-state index is 12.7. The van der Waals surface area contributed by atoms with Gasteiger partial charge < -0.3 is 21.3 Å². The smallest absolute Gasteiger partial charge is 0.269 e. The highest BCUT2D eigenvalue weighted by atomic mass is 16.2. The molecule has 3 aliphatic heterocycles. The number of allylic oxidation sites excluding steroid dienone is 2. The van der Waals surface area contributed by atoms with Gasteiger partial charge in [-0.05, 0) is 49.3 Å². The third-order valence-electron chi connectivity index (χ3n) is 5.93. The molecule has 4 aliphatic rings. The number of hydrogen-bond donors (Lipinski definition) is 3. The van der Waals surface area contributed by atoms with Gasteiger partial charge in [0, 0.05) is 30.1 Å². The number of hydrogen-bond acceptors (Lipinski definition) is 5. The molecule has 0 aromatic carbocycles. The zero-order chi connectivity index (χ0) is 16.5. The third kappa shape index (κ3) is 1.71. The van der Waals surface area contributed by atoms with Crippen molar-refractivity contribution in [2.45, 2.75) is 44.7 Å². The number of aromatic nitrogens is 1. The predicted molar refractivity (Wildman–Crippen MR) is 91.7 cm³/mol. The average molecular weight is 323 g/mol. The molecule has 1 spiro atoms. The number of amides is 1. The summed E-state index contributed by atoms with van der Waals surface area (Å²) in [5, 5.41) is 6.83. The van der Waals surface area contributed by atoms with Crippen molar-refractivity contribution in [2.24, 2.45) is 0 Å². The van der Waals surface area contributed by atoms with Crippen LogP contribution in [0.4, 0.5) is 11.5 Å². The Kier molecular flexibility index (Phi) is 2.62. The van der Waals surface area contributed by atoms with E-state index in [1.807, 2.05) is 12.3 Å². The van der Waals surface area contributed by atoms with Gasteiger partial charge >= 0.3 is 0 Å². The van der Waals surface area contributed by atoms with Crippen molar-refractivity contribution in [3.8, 4) is 0 Å². The van der Waals surface area contributed by atoms with Crippen molar-refractivity contribution in [2.75, 3.05) is 17.6 Å². The fourth-order valence-corrected chi connectivity index (χ4v) is 4.72. The van der Waals surface area contributed by atoms with E-state index < -0.39 is 0 Å². The Balaban J connectivity index is 1.59. The summed E-state index contributed by atoms with van der Waals surface area (Å²) in [6.45, 7) is 2.82. The number of nitrogens with two attached hydrogens (primary N) is 1. The summed E-state index contributed by atoms with van der Waals surface area (Å²) in [7, 11) is 0. The van der Waals surface area contributed by atoms with E-state index >= 15 is 0 Å². The van der Waals surface area contributed by atoms with E-state index in [2.05, 4.69) is 27.4 Å². The van der Waals surface area contributed by atoms with Crippen LogP contribution in [0.5, 0.6) is 0 Å². The summed E-state index contributed by atoms with van der Waals surface area (Å²) in [5.74, 6) is 0.613. The van der Waals surface area contributed by atoms with Gasteiger partial charge in [0.05, 0.1) is 6.54 Å². The summed E-state index contributed by atoms with van der Waals surface area (Å²) in [6.07, 6.45) is 7.05. The van der Waals surface area contributed by atoms with Crippen LogP contribution in [0.3, 0.4) is 0 Å². The molecule has 0 radical (unpaired) electrons. The maximum absolute atomic E-state index is 12.7. The minimum atomic E-state index is -0.175. The number of pyridine rings is 1. The first-order chi connectivity index (χ1) is 11.6. The van der Waals surface area contributed by atoms with E-state index in [1.165, 1.54) is 24.1 Å². The predicted octanol–water partition coefficient (Wildman–Crippen LogP) is 1.88. The lowest BCUT2D eigenvalue weighted by Gasteiger charge is -2.41. The Morgan fingerprint density at radius 3 is 2.92 bits per heavy atom. The number of rotatable bonds is 0. The maximum Gasteiger partial charge on any atom is 0.269 e. The molecule has 4 N–H and O–H groups in total. The highest BCUT2D eigenvalue weighted by Gasteiger charge is 2.51. The molecule has 1 amide bonds. The van der Waals surface area contributed by atoms with E-state index in [1.54, 1.807) is 0 Å². The molecule has 1 aromatic rings. The Morgan fingerprint density at radius 2 is 2.12 bits per heavy atom. The number of carbonyl (C=O) groups is 1. The molecule has 1 aromatic heterocycles. The largest absolute Gasteiger partial charge is 0.384 e. The molecule has 124 valence electrons. The van der Waals surface area contributed by atoms with Gasteiger partial charge in [-0.2, -0.15) is 0 Å². The number of nitrogens with one attached hydrogen (secondary N) is 2. The van der Waals surface area contributed by atoms with E-state index in [4.69, 9.17) is 5.73 Å². The van der Waals surface area contributed by atoms with Crippen LogP contribution in [0.1, 0.15) is 38.2 Å². The summed E-state index contributed by atoms with van der Waals surface area (Å²) >= 11 is 0. The molecule has 2 fully saturated rings. The molecule has 4 heterocycles. The quantitative estimate of drug-likeness (QED) is 0.679. The van der Waals surface area contributed by atoms with Gasteiger partial charge in [-0.3, -0.25) is 4.79 Å². The van der Waals surface area contributed by atoms with Crippen molar-refractivity contribution < 1.29 is 4.79 Å². The van der Waals surface area contributed by atoms with Crippen LogP contribution in [0.25, 0.3) is 0 Å². The lowest BCUT2D eigenvalue weighted by Crippen LogP contribution is -2.51. The van der Waals surface area contributed by atoms with E-state index in [0.29, 0.717) is 5.82 Å². The Morgan fingerprint density at radius 1 is 1.33 bits per heavy atom. The van der Waals surface area contributed by atoms with Crippen LogP contribution in [0.2, 0.25) is 0 Å². The van der Waals surface area contributed by atoms with Gasteiger partial charge in [0.1, 0.15) is 17.2 Å². The zero-order valence-corrected chi connectivity index (χ0v) is 13.8. The molecule has 0 unspecified atom stereocenters. The molecule has 1 saturated carbocycles. The molecule has 6 nitrogen and oxygen atoms in total. The fourth-order valence-electron chi connectivity index (χ4n) is 4.72. The van der Waals surface area contributed by atoms with Crippen LogP contribution in [0.15, 0.2) is 34.8 Å². The van der Waals surface area contributed by atoms with Crippen LogP contribution in [-0.2, 0) is 11.2 Å². The Labute approximate surface area is 140 Å². The summed E-state index contributed by atoms with van der Waals surface area (Å²) < 4.78 is 0. The second-order valence-electron chi connectivity index (χ2n) is 7.28. The Hall–Kier alpha value is -2.50. The molecule has 1 aliphatic carbocycles. The summed E-state index contributed by atoms with van der Waals surface area (Å²) in [4.78, 5) is 19.2. The fraction of sp³-hybridized carbons (Fsp3) is 0.444. The molecule has 0 bridgehead atoms. The average Bonchev–Trinajstić information content (AvgIpc) is 3.12. The lowest BCUT2D eigenvalue weighted by atomic mass is 9.89. The van der Waals surface area contributed by atoms with Crippen LogP contribution < -0.4 is 16.4 Å². The first kappa shape index (κ1) is 13.9. The lowest BCUT2D eigenvalue weighted by molar-refractivity contribution is -0.117. The zero-order valence-electron chi connectivity index (χ0n) is 13.8. The highest BCUT2D eigenvalue weighted by Crippen LogP contribution is 2.45. The Bertz CT molecular complexity index is 832. The standard InChI is InChI=1S/C18H21N5O/c1-10-12-6-11-8-20-15(19)7-13(11)21-14(12)9-23-16(10)17(24)22-18(23)4-2-3-5-18/h7-8,21H,2-6,9H2,1H3,(H2,19,20)(H,22,24).